The van der Waals surface area contributed by atoms with Crippen LogP contribution in [-0.2, 0) is 23.9 Å². The summed E-state index contributed by atoms with van der Waals surface area (Å²) in [7, 11) is 3.99. The smallest absolute Gasteiger partial charge is 0.351 e. The molecule has 1 saturated heterocycles. The average Bonchev–Trinajstić information content (AvgIpc) is 3.21. The highest BCUT2D eigenvalue weighted by molar-refractivity contribution is 8.18. The van der Waals surface area contributed by atoms with Crippen LogP contribution < -0.4 is 14.8 Å². The highest BCUT2D eigenvalue weighted by Crippen LogP contribution is 2.32. The van der Waals surface area contributed by atoms with Gasteiger partial charge in [0.2, 0.25) is 6.10 Å². The Bertz CT molecular complexity index is 1160. The molecule has 1 atom stereocenters. The Balaban J connectivity index is 1.80. The van der Waals surface area contributed by atoms with E-state index in [1.165, 1.54) is 27.5 Å². The summed E-state index contributed by atoms with van der Waals surface area (Å²) in [4.78, 5) is 35.7. The number of nitrogens with zero attached hydrogens (tertiary/aromatic N) is 2. The lowest BCUT2D eigenvalue weighted by Gasteiger charge is -2.19. The van der Waals surface area contributed by atoms with Crippen LogP contribution in [0.4, 0.5) is 0 Å². The first kappa shape index (κ1) is 24.5. The van der Waals surface area contributed by atoms with E-state index in [0.717, 1.165) is 17.8 Å². The van der Waals surface area contributed by atoms with Gasteiger partial charge >= 0.3 is 11.9 Å². The average molecular weight is 484 g/mol. The molecule has 176 valence electrons. The molecule has 1 heterocycles. The van der Waals surface area contributed by atoms with E-state index in [1.54, 1.807) is 42.5 Å². The Labute approximate surface area is 199 Å². The Kier molecular flexibility index (Phi) is 8.41. The van der Waals surface area contributed by atoms with Gasteiger partial charge in [0.05, 0.1) is 32.4 Å². The third-order valence-corrected chi connectivity index (χ3v) is 5.31. The van der Waals surface area contributed by atoms with Gasteiger partial charge in [0, 0.05) is 11.6 Å². The maximum Gasteiger partial charge on any atom is 0.351 e. The van der Waals surface area contributed by atoms with Crippen molar-refractivity contribution in [1.29, 1.82) is 0 Å². The first-order valence-electron chi connectivity index (χ1n) is 9.82. The zero-order valence-electron chi connectivity index (χ0n) is 18.5. The fourth-order valence-electron chi connectivity index (χ4n) is 2.77. The minimum absolute atomic E-state index is 0.149. The molecule has 3 rings (SSSR count). The number of thioether (sulfide) groups is 1. The Morgan fingerprint density at radius 1 is 1.03 bits per heavy atom. The summed E-state index contributed by atoms with van der Waals surface area (Å²) in [6, 6.07) is 13.9. The van der Waals surface area contributed by atoms with Gasteiger partial charge in [0.15, 0.2) is 16.7 Å². The van der Waals surface area contributed by atoms with Crippen molar-refractivity contribution in [2.75, 3.05) is 21.3 Å². The molecule has 1 unspecified atom stereocenters. The largest absolute Gasteiger partial charge is 0.493 e. The van der Waals surface area contributed by atoms with Gasteiger partial charge in [-0.2, -0.15) is 5.10 Å². The molecule has 0 radical (unpaired) electrons. The summed E-state index contributed by atoms with van der Waals surface area (Å²) < 4.78 is 20.7. The second kappa shape index (κ2) is 11.7. The summed E-state index contributed by atoms with van der Waals surface area (Å²) in [6.45, 7) is 0. The lowest BCUT2D eigenvalue weighted by atomic mass is 10.1. The quantitative estimate of drug-likeness (QED) is 0.263. The van der Waals surface area contributed by atoms with Crippen LogP contribution in [0.25, 0.3) is 0 Å². The van der Waals surface area contributed by atoms with Crippen LogP contribution in [0.1, 0.15) is 17.2 Å². The van der Waals surface area contributed by atoms with E-state index in [-0.39, 0.29) is 10.1 Å². The van der Waals surface area contributed by atoms with E-state index >= 15 is 0 Å². The van der Waals surface area contributed by atoms with Crippen LogP contribution in [-0.4, -0.2) is 50.6 Å². The normalized spacial score (nSPS) is 16.4. The van der Waals surface area contributed by atoms with Crippen molar-refractivity contribution < 1.29 is 33.3 Å². The zero-order chi connectivity index (χ0) is 24.5. The Morgan fingerprint density at radius 3 is 2.47 bits per heavy atom. The van der Waals surface area contributed by atoms with E-state index in [4.69, 9.17) is 14.2 Å². The molecule has 2 aromatic carbocycles. The van der Waals surface area contributed by atoms with Crippen LogP contribution in [0.2, 0.25) is 0 Å². The number of methoxy groups -OCH3 is 3. The van der Waals surface area contributed by atoms with Gasteiger partial charge in [-0.25, -0.2) is 9.59 Å². The summed E-state index contributed by atoms with van der Waals surface area (Å²) in [5, 5.41) is 10.6. The second-order valence-corrected chi connectivity index (χ2v) is 7.61. The van der Waals surface area contributed by atoms with Crippen LogP contribution in [0, 0.1) is 0 Å². The molecule has 0 aromatic heterocycles. The standard InChI is InChI=1S/C23H21N3O7S/c1-30-16-10-9-14(13-24-26-23-25-21(28)18(34-23)12-19(27)31-2)11-17(16)33-20(22(29)32-3)15-7-5-4-6-8-15/h4-13,20H,1-3H3,(H,25,26,28)/b18-12+,24-13?. The molecule has 11 heteroatoms. The summed E-state index contributed by atoms with van der Waals surface area (Å²) in [6.07, 6.45) is 1.51. The number of benzene rings is 2. The number of nitrogens with one attached hydrogen (secondary N) is 1. The van der Waals surface area contributed by atoms with Crippen LogP contribution in [0.3, 0.4) is 0 Å². The molecule has 0 saturated carbocycles. The predicted molar refractivity (Wildman–Crippen MR) is 126 cm³/mol. The summed E-state index contributed by atoms with van der Waals surface area (Å²) >= 11 is 0.958. The minimum atomic E-state index is -1.00. The fraction of sp³-hybridized carbons (Fsp3) is 0.174. The zero-order valence-corrected chi connectivity index (χ0v) is 19.3. The third-order valence-electron chi connectivity index (χ3n) is 4.41. The monoisotopic (exact) mass is 483 g/mol. The molecule has 10 nitrogen and oxygen atoms in total. The minimum Gasteiger partial charge on any atom is -0.493 e. The van der Waals surface area contributed by atoms with Crippen molar-refractivity contribution in [3.8, 4) is 11.5 Å². The van der Waals surface area contributed by atoms with Crippen LogP contribution in [0.15, 0.2) is 69.7 Å². The lowest BCUT2D eigenvalue weighted by Crippen LogP contribution is -2.20. The molecule has 2 aromatic rings. The van der Waals surface area contributed by atoms with Gasteiger partial charge in [-0.1, -0.05) is 30.3 Å². The third kappa shape index (κ3) is 6.23. The van der Waals surface area contributed by atoms with Crippen molar-refractivity contribution in [3.63, 3.8) is 0 Å². The topological polar surface area (TPSA) is 125 Å². The molecule has 0 spiro atoms. The van der Waals surface area contributed by atoms with Crippen molar-refractivity contribution in [2.24, 2.45) is 10.2 Å². The molecule has 1 aliphatic heterocycles. The van der Waals surface area contributed by atoms with Crippen LogP contribution in [0.5, 0.6) is 11.5 Å². The number of carbonyl (C=O) groups excluding carboxylic acids is 3. The number of ether oxygens (including phenoxy) is 4. The molecule has 1 N–H and O–H groups in total. The van der Waals surface area contributed by atoms with Gasteiger partial charge in [0.1, 0.15) is 0 Å². The van der Waals surface area contributed by atoms with Gasteiger partial charge in [0.25, 0.3) is 5.91 Å². The molecule has 1 aliphatic rings. The maximum atomic E-state index is 12.4. The predicted octanol–water partition coefficient (Wildman–Crippen LogP) is 2.60. The number of hydrogen-bond donors (Lipinski definition) is 1. The number of amidine groups is 1. The molecular weight excluding hydrogens is 462 g/mol. The number of amides is 1. The van der Waals surface area contributed by atoms with E-state index in [1.807, 2.05) is 6.07 Å². The molecular formula is C23H21N3O7S. The Hall–Kier alpha value is -4.12. The number of hydrogen-bond acceptors (Lipinski definition) is 10. The fourth-order valence-corrected chi connectivity index (χ4v) is 3.51. The van der Waals surface area contributed by atoms with Crippen molar-refractivity contribution in [1.82, 2.24) is 5.32 Å². The van der Waals surface area contributed by atoms with E-state index in [2.05, 4.69) is 20.3 Å². The number of rotatable bonds is 8. The summed E-state index contributed by atoms with van der Waals surface area (Å²) in [5.41, 5.74) is 1.21. The van der Waals surface area contributed by atoms with E-state index in [9.17, 15) is 14.4 Å². The number of esters is 2. The summed E-state index contributed by atoms with van der Waals surface area (Å²) in [5.74, 6) is -0.980. The highest BCUT2D eigenvalue weighted by atomic mass is 32.2. The SMILES string of the molecule is COC(=O)/C=C1/S/C(=N\N=Cc2ccc(OC)c(OC(C(=O)OC)c3ccccc3)c2)NC1=O. The second-order valence-electron chi connectivity index (χ2n) is 6.58. The van der Waals surface area contributed by atoms with Gasteiger partial charge in [-0.15, -0.1) is 5.10 Å². The van der Waals surface area contributed by atoms with Crippen molar-refractivity contribution in [3.05, 3.63) is 70.6 Å². The Morgan fingerprint density at radius 2 is 1.79 bits per heavy atom. The first-order chi connectivity index (χ1) is 16.4. The van der Waals surface area contributed by atoms with Gasteiger partial charge in [-0.3, -0.25) is 10.1 Å². The maximum absolute atomic E-state index is 12.4. The molecule has 34 heavy (non-hydrogen) atoms. The lowest BCUT2D eigenvalue weighted by molar-refractivity contribution is -0.149. The van der Waals surface area contributed by atoms with E-state index < -0.39 is 23.9 Å². The van der Waals surface area contributed by atoms with E-state index in [0.29, 0.717) is 22.6 Å². The molecule has 0 aliphatic carbocycles. The first-order valence-corrected chi connectivity index (χ1v) is 10.6. The highest BCUT2D eigenvalue weighted by Gasteiger charge is 2.26. The molecule has 1 amide bonds. The molecule has 0 bridgehead atoms. The molecule has 1 fully saturated rings. The van der Waals surface area contributed by atoms with Gasteiger partial charge in [-0.05, 0) is 35.5 Å². The van der Waals surface area contributed by atoms with Crippen molar-refractivity contribution in [2.45, 2.75) is 6.10 Å². The van der Waals surface area contributed by atoms with Crippen molar-refractivity contribution >= 4 is 41.0 Å². The number of carbonyl (C=O) groups is 3. The van der Waals surface area contributed by atoms with Crippen LogP contribution >= 0.6 is 11.8 Å². The van der Waals surface area contributed by atoms with Gasteiger partial charge < -0.3 is 18.9 Å².